The van der Waals surface area contributed by atoms with Crippen LogP contribution in [0.25, 0.3) is 0 Å². The Balaban J connectivity index is 1.61. The van der Waals surface area contributed by atoms with E-state index in [1.807, 2.05) is 18.2 Å². The Labute approximate surface area is 132 Å². The highest BCUT2D eigenvalue weighted by Gasteiger charge is 2.01. The molecule has 0 spiro atoms. The average molecular weight is 296 g/mol. The van der Waals surface area contributed by atoms with Crippen molar-refractivity contribution in [3.05, 3.63) is 65.7 Å². The van der Waals surface area contributed by atoms with Gasteiger partial charge in [-0.05, 0) is 36.1 Å². The molecule has 0 unspecified atom stereocenters. The molecule has 0 fully saturated rings. The lowest BCUT2D eigenvalue weighted by Gasteiger charge is -2.08. The molecule has 3 heteroatoms. The largest absolute Gasteiger partial charge is 0.385 e. The number of anilines is 1. The first-order valence-corrected chi connectivity index (χ1v) is 7.91. The molecule has 1 amide bonds. The Hall–Kier alpha value is -2.29. The first kappa shape index (κ1) is 16.1. The average Bonchev–Trinajstić information content (AvgIpc) is 2.56. The van der Waals surface area contributed by atoms with E-state index < -0.39 is 0 Å². The molecule has 2 aromatic rings. The minimum Gasteiger partial charge on any atom is -0.385 e. The molecule has 0 saturated carbocycles. The quantitative estimate of drug-likeness (QED) is 0.784. The van der Waals surface area contributed by atoms with Crippen LogP contribution in [0.15, 0.2) is 54.6 Å². The molecule has 116 valence electrons. The summed E-state index contributed by atoms with van der Waals surface area (Å²) in [6.07, 6.45) is 2.41. The maximum absolute atomic E-state index is 11.8. The minimum absolute atomic E-state index is 0.0913. The van der Waals surface area contributed by atoms with Crippen molar-refractivity contribution in [2.45, 2.75) is 26.2 Å². The van der Waals surface area contributed by atoms with E-state index >= 15 is 0 Å². The van der Waals surface area contributed by atoms with Crippen molar-refractivity contribution < 1.29 is 4.79 Å². The molecule has 3 nitrogen and oxygen atoms in total. The topological polar surface area (TPSA) is 41.1 Å². The van der Waals surface area contributed by atoms with Crippen LogP contribution in [0, 0.1) is 0 Å². The molecule has 0 saturated heterocycles. The molecular formula is C19H24N2O. The lowest BCUT2D eigenvalue weighted by Crippen LogP contribution is -2.27. The molecule has 0 heterocycles. The summed E-state index contributed by atoms with van der Waals surface area (Å²) in [6, 6.07) is 18.5. The van der Waals surface area contributed by atoms with Crippen molar-refractivity contribution in [2.24, 2.45) is 0 Å². The monoisotopic (exact) mass is 296 g/mol. The third-order valence-electron chi connectivity index (χ3n) is 3.62. The van der Waals surface area contributed by atoms with Crippen molar-refractivity contribution in [2.75, 3.05) is 18.4 Å². The van der Waals surface area contributed by atoms with Crippen LogP contribution in [0.2, 0.25) is 0 Å². The van der Waals surface area contributed by atoms with E-state index in [1.54, 1.807) is 0 Å². The van der Waals surface area contributed by atoms with Crippen molar-refractivity contribution in [3.63, 3.8) is 0 Å². The summed E-state index contributed by atoms with van der Waals surface area (Å²) in [6.45, 7) is 3.49. The zero-order chi connectivity index (χ0) is 15.6. The van der Waals surface area contributed by atoms with E-state index in [0.29, 0.717) is 19.5 Å². The number of hydrogen-bond donors (Lipinski definition) is 2. The van der Waals surface area contributed by atoms with Gasteiger partial charge in [0.05, 0.1) is 0 Å². The van der Waals surface area contributed by atoms with Crippen LogP contribution in [0.5, 0.6) is 0 Å². The number of aryl methyl sites for hydroxylation is 1. The van der Waals surface area contributed by atoms with Crippen molar-refractivity contribution >= 4 is 11.6 Å². The van der Waals surface area contributed by atoms with E-state index in [-0.39, 0.29) is 5.91 Å². The van der Waals surface area contributed by atoms with Crippen LogP contribution in [-0.2, 0) is 17.6 Å². The Morgan fingerprint density at radius 3 is 2.32 bits per heavy atom. The van der Waals surface area contributed by atoms with E-state index in [2.05, 4.69) is 54.0 Å². The number of benzene rings is 2. The normalized spacial score (nSPS) is 10.2. The van der Waals surface area contributed by atoms with Crippen molar-refractivity contribution in [3.8, 4) is 0 Å². The maximum atomic E-state index is 11.8. The zero-order valence-corrected chi connectivity index (χ0v) is 13.1. The highest BCUT2D eigenvalue weighted by Crippen LogP contribution is 2.09. The highest BCUT2D eigenvalue weighted by molar-refractivity contribution is 5.76. The van der Waals surface area contributed by atoms with Crippen LogP contribution >= 0.6 is 0 Å². The fourth-order valence-corrected chi connectivity index (χ4v) is 2.26. The van der Waals surface area contributed by atoms with E-state index in [0.717, 1.165) is 18.5 Å². The lowest BCUT2D eigenvalue weighted by atomic mass is 10.1. The van der Waals surface area contributed by atoms with Gasteiger partial charge in [0.1, 0.15) is 0 Å². The van der Waals surface area contributed by atoms with Gasteiger partial charge in [0.2, 0.25) is 5.91 Å². The summed E-state index contributed by atoms with van der Waals surface area (Å²) >= 11 is 0. The van der Waals surface area contributed by atoms with Gasteiger partial charge in [-0.1, -0.05) is 49.4 Å². The Morgan fingerprint density at radius 2 is 1.64 bits per heavy atom. The fraction of sp³-hybridized carbons (Fsp3) is 0.316. The van der Waals surface area contributed by atoms with E-state index in [1.165, 1.54) is 11.1 Å². The lowest BCUT2D eigenvalue weighted by molar-refractivity contribution is -0.120. The standard InChI is InChI=1S/C19H24N2O/c1-2-16-8-10-18(11-9-16)20-15-13-19(22)21-14-12-17-6-4-3-5-7-17/h3-11,20H,2,12-15H2,1H3,(H,21,22). The molecule has 0 aliphatic carbocycles. The van der Waals surface area contributed by atoms with E-state index in [9.17, 15) is 4.79 Å². The van der Waals surface area contributed by atoms with Gasteiger partial charge in [-0.25, -0.2) is 0 Å². The first-order valence-electron chi connectivity index (χ1n) is 7.91. The SMILES string of the molecule is CCc1ccc(NCCC(=O)NCCc2ccccc2)cc1. The van der Waals surface area contributed by atoms with Gasteiger partial charge in [-0.2, -0.15) is 0 Å². The summed E-state index contributed by atoms with van der Waals surface area (Å²) in [5.41, 5.74) is 3.63. The van der Waals surface area contributed by atoms with Gasteiger partial charge in [-0.3, -0.25) is 4.79 Å². The third kappa shape index (κ3) is 5.60. The van der Waals surface area contributed by atoms with Gasteiger partial charge < -0.3 is 10.6 Å². The molecule has 0 radical (unpaired) electrons. The zero-order valence-electron chi connectivity index (χ0n) is 13.1. The van der Waals surface area contributed by atoms with E-state index in [4.69, 9.17) is 0 Å². The second-order valence-corrected chi connectivity index (χ2v) is 5.31. The van der Waals surface area contributed by atoms with Crippen molar-refractivity contribution in [1.29, 1.82) is 0 Å². The second-order valence-electron chi connectivity index (χ2n) is 5.31. The smallest absolute Gasteiger partial charge is 0.221 e. The van der Waals surface area contributed by atoms with Gasteiger partial charge in [0.25, 0.3) is 0 Å². The maximum Gasteiger partial charge on any atom is 0.221 e. The molecule has 22 heavy (non-hydrogen) atoms. The third-order valence-corrected chi connectivity index (χ3v) is 3.62. The highest BCUT2D eigenvalue weighted by atomic mass is 16.1. The summed E-state index contributed by atoms with van der Waals surface area (Å²) in [5.74, 6) is 0.0913. The first-order chi connectivity index (χ1) is 10.8. The van der Waals surface area contributed by atoms with Crippen LogP contribution < -0.4 is 10.6 Å². The molecular weight excluding hydrogens is 272 g/mol. The van der Waals surface area contributed by atoms with Crippen molar-refractivity contribution in [1.82, 2.24) is 5.32 Å². The van der Waals surface area contributed by atoms with Gasteiger partial charge in [0.15, 0.2) is 0 Å². The molecule has 0 atom stereocenters. The Bertz CT molecular complexity index is 564. The number of carbonyl (C=O) groups excluding carboxylic acids is 1. The molecule has 0 aliphatic heterocycles. The summed E-state index contributed by atoms with van der Waals surface area (Å²) in [5, 5.41) is 6.23. The predicted octanol–water partition coefficient (Wildman–Crippen LogP) is 3.41. The number of amides is 1. The summed E-state index contributed by atoms with van der Waals surface area (Å²) < 4.78 is 0. The van der Waals surface area contributed by atoms with Gasteiger partial charge >= 0.3 is 0 Å². The number of nitrogens with one attached hydrogen (secondary N) is 2. The van der Waals surface area contributed by atoms with Gasteiger partial charge in [0, 0.05) is 25.2 Å². The number of hydrogen-bond acceptors (Lipinski definition) is 2. The number of carbonyl (C=O) groups is 1. The Kier molecular flexibility index (Phi) is 6.49. The molecule has 2 N–H and O–H groups in total. The Morgan fingerprint density at radius 1 is 0.909 bits per heavy atom. The fourth-order valence-electron chi connectivity index (χ4n) is 2.26. The second kappa shape index (κ2) is 8.88. The molecule has 2 aromatic carbocycles. The van der Waals surface area contributed by atoms with Crippen LogP contribution in [0.3, 0.4) is 0 Å². The molecule has 0 aliphatic rings. The van der Waals surface area contributed by atoms with Crippen LogP contribution in [-0.4, -0.2) is 19.0 Å². The predicted molar refractivity (Wildman–Crippen MR) is 92.1 cm³/mol. The van der Waals surface area contributed by atoms with Gasteiger partial charge in [-0.15, -0.1) is 0 Å². The van der Waals surface area contributed by atoms with Crippen LogP contribution in [0.1, 0.15) is 24.5 Å². The van der Waals surface area contributed by atoms with Crippen LogP contribution in [0.4, 0.5) is 5.69 Å². The molecule has 0 bridgehead atoms. The minimum atomic E-state index is 0.0913. The summed E-state index contributed by atoms with van der Waals surface area (Å²) in [4.78, 5) is 11.8. The summed E-state index contributed by atoms with van der Waals surface area (Å²) in [7, 11) is 0. The molecule has 0 aromatic heterocycles. The molecule has 2 rings (SSSR count). The number of rotatable bonds is 8.